The van der Waals surface area contributed by atoms with Crippen molar-refractivity contribution in [1.29, 1.82) is 0 Å². The Morgan fingerprint density at radius 3 is 2.17 bits per heavy atom. The van der Waals surface area contributed by atoms with Crippen molar-refractivity contribution in [2.45, 2.75) is 52.5 Å². The molecule has 0 fully saturated rings. The summed E-state index contributed by atoms with van der Waals surface area (Å²) in [4.78, 5) is 0. The Morgan fingerprint density at radius 1 is 1.11 bits per heavy atom. The zero-order valence-electron chi connectivity index (χ0n) is 11.9. The minimum Gasteiger partial charge on any atom is -0.369 e. The Labute approximate surface area is 111 Å². The monoisotopic (exact) mass is 246 g/mol. The van der Waals surface area contributed by atoms with Gasteiger partial charge in [0.05, 0.1) is 5.82 Å². The highest BCUT2D eigenvalue weighted by Gasteiger charge is 2.06. The molecule has 0 radical (unpaired) electrons. The van der Waals surface area contributed by atoms with Crippen molar-refractivity contribution >= 4 is 5.69 Å². The topological polar surface area (TPSA) is 24.1 Å². The van der Waals surface area contributed by atoms with Crippen LogP contribution in [0.25, 0.3) is 0 Å². The fourth-order valence-corrected chi connectivity index (χ4v) is 2.08. The van der Waals surface area contributed by atoms with Gasteiger partial charge in [-0.25, -0.2) is 0 Å². The minimum atomic E-state index is 0.533. The van der Waals surface area contributed by atoms with Crippen molar-refractivity contribution in [2.24, 2.45) is 0 Å². The van der Waals surface area contributed by atoms with Crippen LogP contribution in [0.4, 0.5) is 5.69 Å². The van der Waals surface area contributed by atoms with Crippen LogP contribution in [0.5, 0.6) is 0 Å². The normalized spacial score (nSPS) is 10.4. The molecule has 0 heterocycles. The average molecular weight is 246 g/mol. The molecule has 2 heteroatoms. The van der Waals surface area contributed by atoms with Crippen molar-refractivity contribution in [3.8, 4) is 0 Å². The van der Waals surface area contributed by atoms with E-state index in [0.29, 0.717) is 6.04 Å². The van der Waals surface area contributed by atoms with E-state index < -0.39 is 0 Å². The summed E-state index contributed by atoms with van der Waals surface area (Å²) in [5.74, 6) is 0.894. The zero-order valence-corrected chi connectivity index (χ0v) is 11.9. The number of benzene rings is 1. The molecule has 18 heavy (non-hydrogen) atoms. The van der Waals surface area contributed by atoms with E-state index in [1.54, 1.807) is 0 Å². The Bertz CT molecular complexity index is 348. The predicted molar refractivity (Wildman–Crippen MR) is 80.7 cm³/mol. The van der Waals surface area contributed by atoms with E-state index >= 15 is 0 Å². The summed E-state index contributed by atoms with van der Waals surface area (Å²) in [7, 11) is 0. The number of nitrogens with one attached hydrogen (secondary N) is 2. The number of rotatable bonds is 8. The van der Waals surface area contributed by atoms with Crippen LogP contribution in [0, 0.1) is 6.92 Å². The third-order valence-electron chi connectivity index (χ3n) is 3.00. The van der Waals surface area contributed by atoms with Gasteiger partial charge in [0.25, 0.3) is 0 Å². The number of anilines is 1. The third-order valence-corrected chi connectivity index (χ3v) is 3.00. The maximum Gasteiger partial charge on any atom is 0.0959 e. The van der Waals surface area contributed by atoms with Gasteiger partial charge >= 0.3 is 0 Å². The van der Waals surface area contributed by atoms with Gasteiger partial charge in [0.1, 0.15) is 0 Å². The molecule has 0 spiro atoms. The minimum absolute atomic E-state index is 0.533. The molecule has 0 atom stereocenters. The quantitative estimate of drug-likeness (QED) is 0.708. The summed E-state index contributed by atoms with van der Waals surface area (Å²) in [6, 6.07) is 8.90. The molecule has 0 amide bonds. The summed E-state index contributed by atoms with van der Waals surface area (Å²) in [5, 5.41) is 6.79. The summed E-state index contributed by atoms with van der Waals surface area (Å²) in [6.07, 6.45) is 4.80. The zero-order chi connectivity index (χ0) is 13.4. The molecule has 1 aromatic rings. The maximum atomic E-state index is 4.05. The van der Waals surface area contributed by atoms with Crippen molar-refractivity contribution in [2.75, 3.05) is 5.32 Å². The Kier molecular flexibility index (Phi) is 6.34. The lowest BCUT2D eigenvalue weighted by Crippen LogP contribution is -2.30. The van der Waals surface area contributed by atoms with Crippen LogP contribution in [0.3, 0.4) is 0 Å². The first-order valence-corrected chi connectivity index (χ1v) is 6.94. The molecule has 0 aliphatic rings. The number of hydrogen-bond acceptors (Lipinski definition) is 2. The van der Waals surface area contributed by atoms with E-state index in [-0.39, 0.29) is 0 Å². The van der Waals surface area contributed by atoms with Crippen LogP contribution in [0.15, 0.2) is 36.7 Å². The van der Waals surface area contributed by atoms with E-state index in [2.05, 4.69) is 62.2 Å². The van der Waals surface area contributed by atoms with E-state index in [1.807, 2.05) is 0 Å². The van der Waals surface area contributed by atoms with Gasteiger partial charge in [-0.2, -0.15) is 0 Å². The first-order chi connectivity index (χ1) is 8.65. The van der Waals surface area contributed by atoms with Gasteiger partial charge in [-0.05, 0) is 31.9 Å². The standard InChI is InChI=1S/C16H26N2/c1-5-7-15(8-6-2)17-14(4)18-16-11-9-13(3)10-12-16/h9-12,15,17-18H,4-8H2,1-3H3. The Morgan fingerprint density at radius 2 is 1.67 bits per heavy atom. The molecule has 0 aliphatic carbocycles. The van der Waals surface area contributed by atoms with E-state index in [9.17, 15) is 0 Å². The molecule has 0 aliphatic heterocycles. The molecule has 0 saturated heterocycles. The second-order valence-corrected chi connectivity index (χ2v) is 4.89. The molecule has 0 unspecified atom stereocenters. The van der Waals surface area contributed by atoms with Gasteiger partial charge in [-0.15, -0.1) is 0 Å². The van der Waals surface area contributed by atoms with Crippen LogP contribution < -0.4 is 10.6 Å². The lowest BCUT2D eigenvalue weighted by molar-refractivity contribution is 0.483. The largest absolute Gasteiger partial charge is 0.369 e. The van der Waals surface area contributed by atoms with Crippen LogP contribution >= 0.6 is 0 Å². The molecule has 1 aromatic carbocycles. The maximum absolute atomic E-state index is 4.05. The first-order valence-electron chi connectivity index (χ1n) is 6.94. The number of hydrogen-bond donors (Lipinski definition) is 2. The van der Waals surface area contributed by atoms with Crippen LogP contribution in [-0.4, -0.2) is 6.04 Å². The average Bonchev–Trinajstić information content (AvgIpc) is 2.33. The lowest BCUT2D eigenvalue weighted by atomic mass is 10.1. The summed E-state index contributed by atoms with van der Waals surface area (Å²) < 4.78 is 0. The number of aryl methyl sites for hydroxylation is 1. The highest BCUT2D eigenvalue weighted by molar-refractivity contribution is 5.48. The van der Waals surface area contributed by atoms with Crippen molar-refractivity contribution in [1.82, 2.24) is 5.32 Å². The van der Waals surface area contributed by atoms with Gasteiger partial charge in [-0.3, -0.25) is 0 Å². The molecule has 0 aromatic heterocycles. The van der Waals surface area contributed by atoms with Crippen molar-refractivity contribution in [3.63, 3.8) is 0 Å². The van der Waals surface area contributed by atoms with Crippen LogP contribution in [0.1, 0.15) is 45.1 Å². The fraction of sp³-hybridized carbons (Fsp3) is 0.500. The third kappa shape index (κ3) is 5.26. The molecule has 2 nitrogen and oxygen atoms in total. The summed E-state index contributed by atoms with van der Waals surface area (Å²) in [5.41, 5.74) is 2.36. The Balaban J connectivity index is 2.46. The second kappa shape index (κ2) is 7.80. The van der Waals surface area contributed by atoms with Gasteiger partial charge in [0, 0.05) is 11.7 Å². The van der Waals surface area contributed by atoms with Crippen LogP contribution in [-0.2, 0) is 0 Å². The molecular formula is C16H26N2. The van der Waals surface area contributed by atoms with E-state index in [1.165, 1.54) is 31.2 Å². The van der Waals surface area contributed by atoms with Gasteiger partial charge in [-0.1, -0.05) is 51.0 Å². The molecule has 0 saturated carbocycles. The first kappa shape index (κ1) is 14.6. The van der Waals surface area contributed by atoms with Crippen LogP contribution in [0.2, 0.25) is 0 Å². The molecule has 2 N–H and O–H groups in total. The lowest BCUT2D eigenvalue weighted by Gasteiger charge is -2.21. The van der Waals surface area contributed by atoms with Crippen molar-refractivity contribution in [3.05, 3.63) is 42.2 Å². The predicted octanol–water partition coefficient (Wildman–Crippen LogP) is 4.44. The SMILES string of the molecule is C=C(Nc1ccc(C)cc1)NC(CCC)CCC. The highest BCUT2D eigenvalue weighted by atomic mass is 15.1. The smallest absolute Gasteiger partial charge is 0.0959 e. The Hall–Kier alpha value is -1.44. The molecule has 100 valence electrons. The van der Waals surface area contributed by atoms with E-state index in [0.717, 1.165) is 11.5 Å². The van der Waals surface area contributed by atoms with E-state index in [4.69, 9.17) is 0 Å². The molecule has 1 rings (SSSR count). The molecular weight excluding hydrogens is 220 g/mol. The summed E-state index contributed by atoms with van der Waals surface area (Å²) in [6.45, 7) is 10.6. The highest BCUT2D eigenvalue weighted by Crippen LogP contribution is 2.11. The molecule has 0 bridgehead atoms. The van der Waals surface area contributed by atoms with Crippen molar-refractivity contribution < 1.29 is 0 Å². The van der Waals surface area contributed by atoms with Gasteiger partial charge in [0.15, 0.2) is 0 Å². The van der Waals surface area contributed by atoms with Gasteiger partial charge < -0.3 is 10.6 Å². The van der Waals surface area contributed by atoms with Gasteiger partial charge in [0.2, 0.25) is 0 Å². The second-order valence-electron chi connectivity index (χ2n) is 4.89. The summed E-state index contributed by atoms with van der Waals surface area (Å²) >= 11 is 0. The fourth-order valence-electron chi connectivity index (χ4n) is 2.08.